The van der Waals surface area contributed by atoms with E-state index in [1.807, 2.05) is 85.8 Å². The molecule has 31 heavy (non-hydrogen) atoms. The van der Waals surface area contributed by atoms with Gasteiger partial charge in [-0.2, -0.15) is 0 Å². The van der Waals surface area contributed by atoms with E-state index >= 15 is 0 Å². The van der Waals surface area contributed by atoms with Crippen LogP contribution in [0.2, 0.25) is 0 Å². The molecule has 156 valence electrons. The van der Waals surface area contributed by atoms with Gasteiger partial charge in [0, 0.05) is 11.6 Å². The summed E-state index contributed by atoms with van der Waals surface area (Å²) in [4.78, 5) is 14.9. The molecule has 0 fully saturated rings. The highest BCUT2D eigenvalue weighted by Gasteiger charge is 2.30. The van der Waals surface area contributed by atoms with E-state index in [4.69, 9.17) is 4.74 Å². The predicted molar refractivity (Wildman–Crippen MR) is 125 cm³/mol. The molecule has 0 saturated carbocycles. The number of carbonyl (C=O) groups excluding carboxylic acids is 1. The molecule has 0 radical (unpaired) electrons. The Labute approximate surface area is 185 Å². The summed E-state index contributed by atoms with van der Waals surface area (Å²) in [5.74, 6) is 6.56. The number of carbonyl (C=O) groups is 1. The molecule has 0 N–H and O–H groups in total. The van der Waals surface area contributed by atoms with Crippen LogP contribution in [0.1, 0.15) is 29.7 Å². The van der Waals surface area contributed by atoms with Crippen molar-refractivity contribution >= 4 is 6.09 Å². The summed E-state index contributed by atoms with van der Waals surface area (Å²) in [5.41, 5.74) is 3.00. The van der Waals surface area contributed by atoms with Crippen LogP contribution in [0.3, 0.4) is 0 Å². The van der Waals surface area contributed by atoms with Crippen LogP contribution in [0.15, 0.2) is 104 Å². The van der Waals surface area contributed by atoms with Crippen LogP contribution in [0.5, 0.6) is 0 Å². The largest absolute Gasteiger partial charge is 0.445 e. The van der Waals surface area contributed by atoms with Crippen LogP contribution in [0.4, 0.5) is 4.79 Å². The summed E-state index contributed by atoms with van der Waals surface area (Å²) >= 11 is 0. The Morgan fingerprint density at radius 1 is 0.968 bits per heavy atom. The van der Waals surface area contributed by atoms with Crippen molar-refractivity contribution in [2.75, 3.05) is 6.61 Å². The molecular formula is C28H27NO2. The molecule has 1 unspecified atom stereocenters. The quantitative estimate of drug-likeness (QED) is 0.352. The topological polar surface area (TPSA) is 29.5 Å². The van der Waals surface area contributed by atoms with Crippen LogP contribution in [0.25, 0.3) is 0 Å². The summed E-state index contributed by atoms with van der Waals surface area (Å²) in [5, 5.41) is 0. The minimum atomic E-state index is -0.447. The van der Waals surface area contributed by atoms with Crippen LogP contribution in [-0.4, -0.2) is 23.6 Å². The second-order valence-corrected chi connectivity index (χ2v) is 7.26. The Morgan fingerprint density at radius 2 is 1.55 bits per heavy atom. The van der Waals surface area contributed by atoms with Crippen LogP contribution in [-0.2, 0) is 11.2 Å². The zero-order chi connectivity index (χ0) is 21.9. The highest BCUT2D eigenvalue weighted by Crippen LogP contribution is 2.25. The molecule has 0 heterocycles. The van der Waals surface area contributed by atoms with Crippen LogP contribution in [0, 0.1) is 11.8 Å². The fourth-order valence-corrected chi connectivity index (χ4v) is 3.42. The van der Waals surface area contributed by atoms with Gasteiger partial charge in [0.1, 0.15) is 12.6 Å². The van der Waals surface area contributed by atoms with Crippen LogP contribution < -0.4 is 0 Å². The summed E-state index contributed by atoms with van der Waals surface area (Å²) in [6.45, 7) is 5.84. The maximum absolute atomic E-state index is 13.1. The third-order valence-corrected chi connectivity index (χ3v) is 4.90. The van der Waals surface area contributed by atoms with Crippen LogP contribution >= 0.6 is 0 Å². The molecular weight excluding hydrogens is 382 g/mol. The average Bonchev–Trinajstić information content (AvgIpc) is 2.82. The normalized spacial score (nSPS) is 12.0. The van der Waals surface area contributed by atoms with Gasteiger partial charge in [0.05, 0.1) is 0 Å². The van der Waals surface area contributed by atoms with Crippen molar-refractivity contribution in [3.8, 4) is 11.8 Å². The molecule has 1 amide bonds. The fourth-order valence-electron chi connectivity index (χ4n) is 3.42. The zero-order valence-electron chi connectivity index (χ0n) is 17.8. The van der Waals surface area contributed by atoms with E-state index in [2.05, 4.69) is 30.6 Å². The zero-order valence-corrected chi connectivity index (χ0v) is 17.8. The molecule has 0 bridgehead atoms. The molecule has 0 spiro atoms. The summed E-state index contributed by atoms with van der Waals surface area (Å²) in [6, 6.07) is 29.2. The first-order chi connectivity index (χ1) is 15.2. The number of amides is 1. The average molecular weight is 410 g/mol. The lowest BCUT2D eigenvalue weighted by molar-refractivity contribution is 0.0873. The molecule has 3 heteroatoms. The number of ether oxygens (including phenoxy) is 1. The predicted octanol–water partition coefficient (Wildman–Crippen LogP) is 6.04. The van der Waals surface area contributed by atoms with Gasteiger partial charge in [0.25, 0.3) is 0 Å². The minimum absolute atomic E-state index is 0.130. The number of hydrogen-bond acceptors (Lipinski definition) is 2. The Kier molecular flexibility index (Phi) is 8.08. The van der Waals surface area contributed by atoms with Gasteiger partial charge in [-0.25, -0.2) is 4.79 Å². The summed E-state index contributed by atoms with van der Waals surface area (Å²) in [7, 11) is 0. The van der Waals surface area contributed by atoms with Gasteiger partial charge in [0.15, 0.2) is 0 Å². The summed E-state index contributed by atoms with van der Waals surface area (Å²) in [6.07, 6.45) is 1.87. The second kappa shape index (κ2) is 11.4. The van der Waals surface area contributed by atoms with Crippen molar-refractivity contribution in [2.24, 2.45) is 0 Å². The number of rotatable bonds is 7. The van der Waals surface area contributed by atoms with E-state index in [0.29, 0.717) is 6.42 Å². The maximum atomic E-state index is 13.1. The molecule has 2 atom stereocenters. The van der Waals surface area contributed by atoms with E-state index in [-0.39, 0.29) is 12.6 Å². The molecule has 3 aromatic carbocycles. The van der Waals surface area contributed by atoms with Gasteiger partial charge in [-0.15, -0.1) is 0 Å². The Bertz CT molecular complexity index is 1020. The van der Waals surface area contributed by atoms with Gasteiger partial charge in [-0.1, -0.05) is 103 Å². The molecule has 0 saturated heterocycles. The lowest BCUT2D eigenvalue weighted by atomic mass is 10.0. The first-order valence-corrected chi connectivity index (χ1v) is 10.4. The highest BCUT2D eigenvalue weighted by molar-refractivity contribution is 5.70. The molecule has 0 aromatic heterocycles. The smallest absolute Gasteiger partial charge is 0.411 e. The van der Waals surface area contributed by atoms with E-state index in [1.165, 1.54) is 0 Å². The maximum Gasteiger partial charge on any atom is 0.411 e. The fraction of sp³-hybridized carbons (Fsp3) is 0.179. The van der Waals surface area contributed by atoms with Gasteiger partial charge in [-0.3, -0.25) is 4.90 Å². The molecule has 0 aliphatic rings. The standard InChI is InChI=1S/C28H27NO2/c1-3-21-31-28(30)29(23(2)22-25-15-9-5-10-16-25)27(26-17-11-6-12-18-26)20-19-24-13-7-4-8-14-24/h3-18,23,27H,1,21-22H2,2H3/t23-,27?/m0/s1. The van der Waals surface area contributed by atoms with Gasteiger partial charge in [0.2, 0.25) is 0 Å². The van der Waals surface area contributed by atoms with E-state index in [1.54, 1.807) is 11.0 Å². The van der Waals surface area contributed by atoms with Gasteiger partial charge < -0.3 is 4.74 Å². The third-order valence-electron chi connectivity index (χ3n) is 4.90. The van der Waals surface area contributed by atoms with Crippen molar-refractivity contribution in [2.45, 2.75) is 25.4 Å². The lowest BCUT2D eigenvalue weighted by Crippen LogP contribution is -2.42. The second-order valence-electron chi connectivity index (χ2n) is 7.26. The number of nitrogens with zero attached hydrogens (tertiary/aromatic N) is 1. The Balaban J connectivity index is 2.00. The monoisotopic (exact) mass is 409 g/mol. The Morgan fingerprint density at radius 3 is 2.16 bits per heavy atom. The minimum Gasteiger partial charge on any atom is -0.445 e. The number of hydrogen-bond donors (Lipinski definition) is 0. The SMILES string of the molecule is C=CCOC(=O)N(C(C#Cc1ccccc1)c1ccccc1)[C@@H](C)Cc1ccccc1. The van der Waals surface area contributed by atoms with Crippen molar-refractivity contribution in [3.05, 3.63) is 120 Å². The Hall–Kier alpha value is -3.77. The lowest BCUT2D eigenvalue weighted by Gasteiger charge is -2.33. The van der Waals surface area contributed by atoms with Crippen molar-refractivity contribution < 1.29 is 9.53 Å². The van der Waals surface area contributed by atoms with Gasteiger partial charge in [-0.05, 0) is 36.6 Å². The van der Waals surface area contributed by atoms with E-state index in [9.17, 15) is 4.79 Å². The molecule has 3 aromatic rings. The van der Waals surface area contributed by atoms with Crippen molar-refractivity contribution in [1.82, 2.24) is 4.90 Å². The van der Waals surface area contributed by atoms with Gasteiger partial charge >= 0.3 is 6.09 Å². The molecule has 3 nitrogen and oxygen atoms in total. The van der Waals surface area contributed by atoms with Crippen molar-refractivity contribution in [1.29, 1.82) is 0 Å². The van der Waals surface area contributed by atoms with E-state index in [0.717, 1.165) is 16.7 Å². The number of benzene rings is 3. The third kappa shape index (κ3) is 6.35. The molecule has 0 aliphatic carbocycles. The molecule has 0 aliphatic heterocycles. The first-order valence-electron chi connectivity index (χ1n) is 10.4. The first kappa shape index (κ1) is 21.9. The highest BCUT2D eigenvalue weighted by atomic mass is 16.6. The van der Waals surface area contributed by atoms with Crippen molar-refractivity contribution in [3.63, 3.8) is 0 Å². The van der Waals surface area contributed by atoms with E-state index < -0.39 is 12.1 Å². The summed E-state index contributed by atoms with van der Waals surface area (Å²) < 4.78 is 5.47. The molecule has 3 rings (SSSR count).